The van der Waals surface area contributed by atoms with E-state index in [4.69, 9.17) is 0 Å². The van der Waals surface area contributed by atoms with Crippen LogP contribution in [0.5, 0.6) is 0 Å². The van der Waals surface area contributed by atoms with Gasteiger partial charge in [0.2, 0.25) is 0 Å². The third-order valence-electron chi connectivity index (χ3n) is 15.3. The molecule has 2 aliphatic rings. The van der Waals surface area contributed by atoms with Crippen LogP contribution in [0.4, 0.5) is 34.1 Å². The summed E-state index contributed by atoms with van der Waals surface area (Å²) in [6.07, 6.45) is 0. The number of fused-ring (bicyclic) bond motifs is 6. The second-order valence-electron chi connectivity index (χ2n) is 19.7. The Morgan fingerprint density at radius 1 is 0.312 bits per heavy atom. The molecule has 0 fully saturated rings. The molecule has 0 radical (unpaired) electrons. The molecular weight excluding hydrogens is 773 g/mol. The van der Waals surface area contributed by atoms with E-state index >= 15 is 0 Å². The minimum absolute atomic E-state index is 0.143. The Bertz CT molecular complexity index is 3040. The van der Waals surface area contributed by atoms with E-state index in [-0.39, 0.29) is 10.8 Å². The fourth-order valence-corrected chi connectivity index (χ4v) is 11.4. The largest absolute Gasteiger partial charge is 0.310 e. The zero-order chi connectivity index (χ0) is 44.4. The van der Waals surface area contributed by atoms with Crippen LogP contribution in [0.1, 0.15) is 83.3 Å². The van der Waals surface area contributed by atoms with E-state index in [9.17, 15) is 0 Å². The van der Waals surface area contributed by atoms with Gasteiger partial charge in [-0.3, -0.25) is 0 Å². The van der Waals surface area contributed by atoms with Gasteiger partial charge in [0, 0.05) is 22.2 Å². The third kappa shape index (κ3) is 5.78. The van der Waals surface area contributed by atoms with Crippen molar-refractivity contribution in [2.45, 2.75) is 80.1 Å². The predicted molar refractivity (Wildman–Crippen MR) is 274 cm³/mol. The van der Waals surface area contributed by atoms with E-state index in [2.05, 4.69) is 237 Å². The second kappa shape index (κ2) is 14.3. The molecule has 0 amide bonds. The summed E-state index contributed by atoms with van der Waals surface area (Å²) >= 11 is 0. The normalized spacial score (nSPS) is 14.6. The van der Waals surface area contributed by atoms with Crippen molar-refractivity contribution in [3.63, 3.8) is 0 Å². The van der Waals surface area contributed by atoms with E-state index in [1.165, 1.54) is 122 Å². The Morgan fingerprint density at radius 3 is 0.891 bits per heavy atom. The molecule has 0 atom stereocenters. The summed E-state index contributed by atoms with van der Waals surface area (Å²) < 4.78 is 0. The molecule has 11 rings (SSSR count). The highest BCUT2D eigenvalue weighted by Gasteiger charge is 2.38. The molecule has 64 heavy (non-hydrogen) atoms. The van der Waals surface area contributed by atoms with Crippen LogP contribution >= 0.6 is 0 Å². The van der Waals surface area contributed by atoms with Gasteiger partial charge < -0.3 is 9.80 Å². The van der Waals surface area contributed by atoms with Gasteiger partial charge in [-0.25, -0.2) is 0 Å². The molecule has 2 aliphatic heterocycles. The molecule has 2 nitrogen and oxygen atoms in total. The lowest BCUT2D eigenvalue weighted by Crippen LogP contribution is -2.30. The van der Waals surface area contributed by atoms with Crippen molar-refractivity contribution in [2.24, 2.45) is 0 Å². The first-order valence-corrected chi connectivity index (χ1v) is 22.9. The summed E-state index contributed by atoms with van der Waals surface area (Å²) in [4.78, 5) is 5.01. The van der Waals surface area contributed by atoms with Crippen molar-refractivity contribution in [1.29, 1.82) is 0 Å². The number of hydrogen-bond acceptors (Lipinski definition) is 2. The molecule has 0 unspecified atom stereocenters. The van der Waals surface area contributed by atoms with Crippen molar-refractivity contribution in [2.75, 3.05) is 9.80 Å². The molecule has 0 saturated carbocycles. The summed E-state index contributed by atoms with van der Waals surface area (Å²) in [6, 6.07) is 60.2. The van der Waals surface area contributed by atoms with Gasteiger partial charge in [0.25, 0.3) is 0 Å². The van der Waals surface area contributed by atoms with Gasteiger partial charge in [-0.15, -0.1) is 0 Å². The maximum Gasteiger partial charge on any atom is 0.0502 e. The third-order valence-corrected chi connectivity index (χ3v) is 15.3. The van der Waals surface area contributed by atoms with Crippen molar-refractivity contribution < 1.29 is 0 Å². The molecular formula is C62H56N2. The van der Waals surface area contributed by atoms with Crippen LogP contribution in [-0.4, -0.2) is 0 Å². The van der Waals surface area contributed by atoms with E-state index in [1.807, 2.05) is 0 Å². The van der Waals surface area contributed by atoms with Crippen molar-refractivity contribution in [3.05, 3.63) is 213 Å². The lowest BCUT2D eigenvalue weighted by Gasteiger charge is -2.42. The number of aryl methyl sites for hydroxylation is 4. The van der Waals surface area contributed by atoms with Gasteiger partial charge in [0.05, 0.1) is 22.7 Å². The molecule has 0 bridgehead atoms. The highest BCUT2D eigenvalue weighted by molar-refractivity contribution is 6.23. The molecule has 2 heteroatoms. The summed E-state index contributed by atoms with van der Waals surface area (Å²) in [6.45, 7) is 23.0. The Kier molecular flexibility index (Phi) is 8.92. The number of anilines is 6. The molecule has 9 aromatic rings. The van der Waals surface area contributed by atoms with Gasteiger partial charge in [0.15, 0.2) is 0 Å². The molecule has 314 valence electrons. The Morgan fingerprint density at radius 2 is 0.594 bits per heavy atom. The van der Waals surface area contributed by atoms with Crippen molar-refractivity contribution >= 4 is 55.7 Å². The monoisotopic (exact) mass is 828 g/mol. The SMILES string of the molecule is Cc1cc(-c2c3ccc(N4c5ccccc5C(C)(C)c5ccccc54)cc3c(-c3cc(C)c(C)c(C)c3)c3ccc(N4c5ccccc5C(C)(C)c5ccccc54)cc23)cc(C)c1C. The Hall–Kier alpha value is -6.90. The van der Waals surface area contributed by atoms with Crippen molar-refractivity contribution in [1.82, 2.24) is 0 Å². The average molecular weight is 829 g/mol. The van der Waals surface area contributed by atoms with Crippen LogP contribution in [0, 0.1) is 41.5 Å². The minimum Gasteiger partial charge on any atom is -0.310 e. The van der Waals surface area contributed by atoms with Crippen LogP contribution in [0.15, 0.2) is 158 Å². The lowest BCUT2D eigenvalue weighted by atomic mass is 9.73. The average Bonchev–Trinajstić information content (AvgIpc) is 3.29. The maximum absolute atomic E-state index is 2.50. The number of benzene rings is 9. The number of rotatable bonds is 4. The first-order valence-electron chi connectivity index (χ1n) is 22.9. The summed E-state index contributed by atoms with van der Waals surface area (Å²) in [5, 5.41) is 5.01. The van der Waals surface area contributed by atoms with Crippen LogP contribution in [0.3, 0.4) is 0 Å². The van der Waals surface area contributed by atoms with Gasteiger partial charge in [-0.2, -0.15) is 0 Å². The molecule has 0 N–H and O–H groups in total. The molecule has 0 saturated heterocycles. The number of nitrogens with zero attached hydrogens (tertiary/aromatic N) is 2. The van der Waals surface area contributed by atoms with Crippen molar-refractivity contribution in [3.8, 4) is 22.3 Å². The van der Waals surface area contributed by atoms with E-state index < -0.39 is 0 Å². The molecule has 9 aromatic carbocycles. The molecule has 2 heterocycles. The second-order valence-corrected chi connectivity index (χ2v) is 19.7. The number of para-hydroxylation sites is 4. The highest BCUT2D eigenvalue weighted by Crippen LogP contribution is 2.55. The summed E-state index contributed by atoms with van der Waals surface area (Å²) in [5.41, 5.74) is 25.3. The van der Waals surface area contributed by atoms with E-state index in [0.29, 0.717) is 0 Å². The maximum atomic E-state index is 2.50. The summed E-state index contributed by atoms with van der Waals surface area (Å²) in [7, 11) is 0. The number of hydrogen-bond donors (Lipinski definition) is 0. The van der Waals surface area contributed by atoms with Crippen LogP contribution < -0.4 is 9.80 Å². The lowest BCUT2D eigenvalue weighted by molar-refractivity contribution is 0.632. The van der Waals surface area contributed by atoms with Crippen LogP contribution in [0.2, 0.25) is 0 Å². The Labute approximate surface area is 379 Å². The van der Waals surface area contributed by atoms with E-state index in [0.717, 1.165) is 11.4 Å². The zero-order valence-electron chi connectivity index (χ0n) is 38.9. The fraction of sp³-hybridized carbons (Fsp3) is 0.194. The molecule has 0 spiro atoms. The Balaban J connectivity index is 1.27. The first kappa shape index (κ1) is 39.9. The van der Waals surface area contributed by atoms with Crippen LogP contribution in [0.25, 0.3) is 43.8 Å². The van der Waals surface area contributed by atoms with Gasteiger partial charge in [-0.1, -0.05) is 137 Å². The van der Waals surface area contributed by atoms with Gasteiger partial charge in [0.1, 0.15) is 0 Å². The quantitative estimate of drug-likeness (QED) is 0.163. The van der Waals surface area contributed by atoms with Crippen LogP contribution in [-0.2, 0) is 10.8 Å². The van der Waals surface area contributed by atoms with E-state index in [1.54, 1.807) is 0 Å². The zero-order valence-corrected chi connectivity index (χ0v) is 38.9. The standard InChI is InChI=1S/C62H56N2/c1-37-31-43(32-38(2)41(37)5)59-47-29-27-46(64-57-25-17-13-21-53(57)62(9,10)54-22-14-18-26-58(54)64)36-50(47)60(44-33-39(3)42(6)40(4)34-44)48-30-28-45(35-49(48)59)63-55-23-15-11-19-51(55)61(7,8)52-20-12-16-24-56(52)63/h11-36H,1-10H3. The topological polar surface area (TPSA) is 6.48 Å². The van der Waals surface area contributed by atoms with Gasteiger partial charge in [-0.05, 0) is 190 Å². The summed E-state index contributed by atoms with van der Waals surface area (Å²) in [5.74, 6) is 0. The molecule has 0 aromatic heterocycles. The minimum atomic E-state index is -0.143. The first-order chi connectivity index (χ1) is 30.8. The van der Waals surface area contributed by atoms with Gasteiger partial charge >= 0.3 is 0 Å². The molecule has 0 aliphatic carbocycles. The predicted octanol–water partition coefficient (Wildman–Crippen LogP) is 17.4. The smallest absolute Gasteiger partial charge is 0.0502 e. The highest BCUT2D eigenvalue weighted by atomic mass is 15.2. The fourth-order valence-electron chi connectivity index (χ4n) is 11.4.